The maximum absolute atomic E-state index is 11.9. The van der Waals surface area contributed by atoms with Crippen molar-refractivity contribution in [3.05, 3.63) is 30.3 Å². The number of nitrogens with zero attached hydrogens (tertiary/aromatic N) is 1. The van der Waals surface area contributed by atoms with Gasteiger partial charge in [0.1, 0.15) is 6.54 Å². The van der Waals surface area contributed by atoms with Crippen molar-refractivity contribution in [3.8, 4) is 0 Å². The number of likely N-dealkylation sites (tertiary alicyclic amines) is 1. The van der Waals surface area contributed by atoms with Crippen LogP contribution in [-0.4, -0.2) is 29.2 Å². The number of hydrogen-bond donors (Lipinski definition) is 1. The molecule has 0 radical (unpaired) electrons. The molecule has 5 heteroatoms. The lowest BCUT2D eigenvalue weighted by Crippen LogP contribution is -2.37. The molecule has 19 heavy (non-hydrogen) atoms. The van der Waals surface area contributed by atoms with Gasteiger partial charge in [0, 0.05) is 5.69 Å². The maximum Gasteiger partial charge on any atom is 0.244 e. The Labute approximate surface area is 110 Å². The molecule has 0 bridgehead atoms. The summed E-state index contributed by atoms with van der Waals surface area (Å²) in [6, 6.07) is 8.98. The summed E-state index contributed by atoms with van der Waals surface area (Å²) < 4.78 is 0. The Bertz CT molecular complexity index is 519. The van der Waals surface area contributed by atoms with E-state index in [1.54, 1.807) is 12.1 Å². The van der Waals surface area contributed by atoms with Crippen molar-refractivity contribution in [2.24, 2.45) is 11.8 Å². The van der Waals surface area contributed by atoms with Crippen molar-refractivity contribution in [3.63, 3.8) is 0 Å². The number of amides is 3. The van der Waals surface area contributed by atoms with Crippen LogP contribution in [0.25, 0.3) is 0 Å². The monoisotopic (exact) mass is 258 g/mol. The van der Waals surface area contributed by atoms with Crippen molar-refractivity contribution >= 4 is 23.4 Å². The van der Waals surface area contributed by atoms with Gasteiger partial charge in [-0.05, 0) is 25.0 Å². The zero-order chi connectivity index (χ0) is 13.4. The predicted octanol–water partition coefficient (Wildman–Crippen LogP) is 1.02. The van der Waals surface area contributed by atoms with E-state index in [9.17, 15) is 14.4 Å². The van der Waals surface area contributed by atoms with Gasteiger partial charge >= 0.3 is 0 Å². The summed E-state index contributed by atoms with van der Waals surface area (Å²) in [4.78, 5) is 36.7. The van der Waals surface area contributed by atoms with Crippen LogP contribution in [0.15, 0.2) is 30.3 Å². The van der Waals surface area contributed by atoms with Crippen molar-refractivity contribution in [2.45, 2.75) is 12.8 Å². The van der Waals surface area contributed by atoms with Gasteiger partial charge < -0.3 is 5.32 Å². The molecule has 1 saturated carbocycles. The zero-order valence-electron chi connectivity index (χ0n) is 10.3. The quantitative estimate of drug-likeness (QED) is 0.823. The third-order valence-corrected chi connectivity index (χ3v) is 3.80. The van der Waals surface area contributed by atoms with Gasteiger partial charge in [-0.1, -0.05) is 18.2 Å². The van der Waals surface area contributed by atoms with Crippen LogP contribution in [0.3, 0.4) is 0 Å². The minimum absolute atomic E-state index is 0.169. The normalized spacial score (nSPS) is 24.9. The van der Waals surface area contributed by atoms with Crippen LogP contribution in [0.1, 0.15) is 12.8 Å². The van der Waals surface area contributed by atoms with E-state index in [1.807, 2.05) is 18.2 Å². The second kappa shape index (κ2) is 4.50. The van der Waals surface area contributed by atoms with E-state index in [0.717, 1.165) is 17.7 Å². The largest absolute Gasteiger partial charge is 0.325 e. The molecular formula is C14H14N2O3. The first-order chi connectivity index (χ1) is 9.16. The molecule has 0 aromatic heterocycles. The number of hydrogen-bond acceptors (Lipinski definition) is 3. The van der Waals surface area contributed by atoms with E-state index in [-0.39, 0.29) is 36.1 Å². The minimum atomic E-state index is -0.339. The van der Waals surface area contributed by atoms with E-state index in [0.29, 0.717) is 5.69 Å². The average molecular weight is 258 g/mol. The fourth-order valence-corrected chi connectivity index (χ4v) is 2.62. The maximum atomic E-state index is 11.9. The van der Waals surface area contributed by atoms with Gasteiger partial charge in [0.05, 0.1) is 11.8 Å². The lowest BCUT2D eigenvalue weighted by atomic mass is 9.76. The Balaban J connectivity index is 1.64. The van der Waals surface area contributed by atoms with Gasteiger partial charge in [-0.3, -0.25) is 19.3 Å². The van der Waals surface area contributed by atoms with Gasteiger partial charge in [-0.15, -0.1) is 0 Å². The molecule has 3 amide bonds. The number of imide groups is 1. The van der Waals surface area contributed by atoms with Crippen LogP contribution >= 0.6 is 0 Å². The molecule has 2 atom stereocenters. The van der Waals surface area contributed by atoms with Gasteiger partial charge in [0.15, 0.2) is 0 Å². The number of nitrogens with one attached hydrogen (secondary N) is 1. The first-order valence-corrected chi connectivity index (χ1v) is 6.37. The van der Waals surface area contributed by atoms with Crippen molar-refractivity contribution in [1.29, 1.82) is 0 Å². The fourth-order valence-electron chi connectivity index (χ4n) is 2.62. The first-order valence-electron chi connectivity index (χ1n) is 6.37. The highest BCUT2D eigenvalue weighted by molar-refractivity contribution is 6.09. The lowest BCUT2D eigenvalue weighted by molar-refractivity contribution is -0.142. The molecular weight excluding hydrogens is 244 g/mol. The van der Waals surface area contributed by atoms with Gasteiger partial charge in [0.25, 0.3) is 0 Å². The van der Waals surface area contributed by atoms with Crippen molar-refractivity contribution in [1.82, 2.24) is 4.90 Å². The molecule has 0 unspecified atom stereocenters. The molecule has 1 aliphatic heterocycles. The molecule has 98 valence electrons. The Hall–Kier alpha value is -2.17. The molecule has 1 N–H and O–H groups in total. The smallest absolute Gasteiger partial charge is 0.244 e. The summed E-state index contributed by atoms with van der Waals surface area (Å²) in [6.07, 6.45) is 1.54. The van der Waals surface area contributed by atoms with Crippen LogP contribution in [0.2, 0.25) is 0 Å². The molecule has 3 rings (SSSR count). The zero-order valence-corrected chi connectivity index (χ0v) is 10.3. The molecule has 1 saturated heterocycles. The third kappa shape index (κ3) is 2.01. The topological polar surface area (TPSA) is 66.5 Å². The second-order valence-electron chi connectivity index (χ2n) is 4.97. The summed E-state index contributed by atoms with van der Waals surface area (Å²) in [6.45, 7) is -0.181. The summed E-state index contributed by atoms with van der Waals surface area (Å²) >= 11 is 0. The van der Waals surface area contributed by atoms with Crippen LogP contribution in [0, 0.1) is 11.8 Å². The number of carbonyl (C=O) groups is 3. The number of benzene rings is 1. The number of fused-ring (bicyclic) bond motifs is 1. The van der Waals surface area contributed by atoms with E-state index in [2.05, 4.69) is 5.32 Å². The molecule has 1 heterocycles. The average Bonchev–Trinajstić information content (AvgIpc) is 2.49. The molecule has 5 nitrogen and oxygen atoms in total. The van der Waals surface area contributed by atoms with Gasteiger partial charge in [-0.2, -0.15) is 0 Å². The summed E-state index contributed by atoms with van der Waals surface area (Å²) in [5.41, 5.74) is 0.662. The van der Waals surface area contributed by atoms with Crippen molar-refractivity contribution in [2.75, 3.05) is 11.9 Å². The Morgan fingerprint density at radius 2 is 1.68 bits per heavy atom. The summed E-state index contributed by atoms with van der Waals surface area (Å²) in [5.74, 6) is -1.06. The van der Waals surface area contributed by atoms with Gasteiger partial charge in [0.2, 0.25) is 17.7 Å². The molecule has 0 spiro atoms. The van der Waals surface area contributed by atoms with Crippen LogP contribution in [-0.2, 0) is 14.4 Å². The number of carbonyl (C=O) groups excluding carboxylic acids is 3. The molecule has 1 aromatic carbocycles. The third-order valence-electron chi connectivity index (χ3n) is 3.80. The first kappa shape index (κ1) is 11.9. The molecule has 2 fully saturated rings. The summed E-state index contributed by atoms with van der Waals surface area (Å²) in [7, 11) is 0. The highest BCUT2D eigenvalue weighted by Crippen LogP contribution is 2.42. The minimum Gasteiger partial charge on any atom is -0.325 e. The van der Waals surface area contributed by atoms with Crippen LogP contribution in [0.4, 0.5) is 5.69 Å². The van der Waals surface area contributed by atoms with E-state index < -0.39 is 0 Å². The molecule has 2 aliphatic rings. The van der Waals surface area contributed by atoms with E-state index in [1.165, 1.54) is 0 Å². The Morgan fingerprint density at radius 1 is 1.11 bits per heavy atom. The number of rotatable bonds is 3. The lowest BCUT2D eigenvalue weighted by Gasteiger charge is -2.24. The van der Waals surface area contributed by atoms with Crippen LogP contribution < -0.4 is 5.32 Å². The van der Waals surface area contributed by atoms with Crippen LogP contribution in [0.5, 0.6) is 0 Å². The SMILES string of the molecule is O=C(CN1C(=O)[C@H]2CC[C@H]2C1=O)Nc1ccccc1. The van der Waals surface area contributed by atoms with E-state index >= 15 is 0 Å². The number of para-hydroxylation sites is 1. The van der Waals surface area contributed by atoms with Gasteiger partial charge in [-0.25, -0.2) is 0 Å². The standard InChI is InChI=1S/C14H14N2O3/c17-12(15-9-4-2-1-3-5-9)8-16-13(18)10-6-7-11(10)14(16)19/h1-5,10-11H,6-8H2,(H,15,17)/t10-,11+. The van der Waals surface area contributed by atoms with Crippen molar-refractivity contribution < 1.29 is 14.4 Å². The fraction of sp³-hybridized carbons (Fsp3) is 0.357. The Kier molecular flexibility index (Phi) is 2.81. The molecule has 1 aromatic rings. The highest BCUT2D eigenvalue weighted by atomic mass is 16.2. The second-order valence-corrected chi connectivity index (χ2v) is 4.97. The summed E-state index contributed by atoms with van der Waals surface area (Å²) in [5, 5.41) is 2.67. The highest BCUT2D eigenvalue weighted by Gasteiger charge is 2.52. The Morgan fingerprint density at radius 3 is 2.21 bits per heavy atom. The number of anilines is 1. The van der Waals surface area contributed by atoms with E-state index in [4.69, 9.17) is 0 Å². The predicted molar refractivity (Wildman–Crippen MR) is 68.0 cm³/mol. The molecule has 1 aliphatic carbocycles.